The molecule has 0 aromatic heterocycles. The summed E-state index contributed by atoms with van der Waals surface area (Å²) in [5.74, 6) is -0.260. The Bertz CT molecular complexity index is 574. The highest BCUT2D eigenvalue weighted by atomic mass is 35.5. The van der Waals surface area contributed by atoms with Gasteiger partial charge in [-0.25, -0.2) is 8.42 Å². The van der Waals surface area contributed by atoms with Crippen molar-refractivity contribution < 1.29 is 17.9 Å². The molecule has 4 aliphatic rings. The van der Waals surface area contributed by atoms with Gasteiger partial charge in [0.1, 0.15) is 12.0 Å². The van der Waals surface area contributed by atoms with Crippen LogP contribution in [0.15, 0.2) is 0 Å². The Hall–Kier alpha value is -0.330. The van der Waals surface area contributed by atoms with E-state index >= 15 is 0 Å². The zero-order valence-electron chi connectivity index (χ0n) is 12.5. The first-order chi connectivity index (χ1) is 10.5. The Balaban J connectivity index is 1.66. The number of sulfonamides is 1. The van der Waals surface area contributed by atoms with E-state index in [4.69, 9.17) is 16.3 Å². The van der Waals surface area contributed by atoms with Crippen molar-refractivity contribution >= 4 is 27.6 Å². The summed E-state index contributed by atoms with van der Waals surface area (Å²) in [4.78, 5) is 11.6. The maximum absolute atomic E-state index is 13.0. The predicted molar refractivity (Wildman–Crippen MR) is 82.0 cm³/mol. The molecule has 3 saturated carbocycles. The molecule has 3 aliphatic carbocycles. The number of carbonyl (C=O) groups excluding carboxylic acids is 1. The van der Waals surface area contributed by atoms with Crippen LogP contribution in [0, 0.1) is 11.8 Å². The molecule has 0 aromatic carbocycles. The third-order valence-corrected chi connectivity index (χ3v) is 8.76. The van der Waals surface area contributed by atoms with E-state index in [1.807, 2.05) is 0 Å². The summed E-state index contributed by atoms with van der Waals surface area (Å²) in [5, 5.41) is -0.240. The summed E-state index contributed by atoms with van der Waals surface area (Å²) in [6, 6.07) is -0.0330. The van der Waals surface area contributed by atoms with Crippen LogP contribution < -0.4 is 0 Å². The Morgan fingerprint density at radius 2 is 1.91 bits per heavy atom. The Morgan fingerprint density at radius 3 is 2.59 bits per heavy atom. The molecule has 7 heteroatoms. The van der Waals surface area contributed by atoms with Crippen molar-refractivity contribution in [3.63, 3.8) is 0 Å². The van der Waals surface area contributed by atoms with E-state index < -0.39 is 16.0 Å². The molecule has 124 valence electrons. The predicted octanol–water partition coefficient (Wildman–Crippen LogP) is 1.89. The lowest BCUT2D eigenvalue weighted by Crippen LogP contribution is -2.49. The molecular formula is C15H22ClNO4S. The summed E-state index contributed by atoms with van der Waals surface area (Å²) < 4.78 is 33.3. The summed E-state index contributed by atoms with van der Waals surface area (Å²) >= 11 is 5.57. The van der Waals surface area contributed by atoms with E-state index in [1.54, 1.807) is 4.31 Å². The van der Waals surface area contributed by atoms with Crippen molar-refractivity contribution in [1.29, 1.82) is 0 Å². The first-order valence-corrected chi connectivity index (χ1v) is 10.4. The molecule has 4 rings (SSSR count). The van der Waals surface area contributed by atoms with Crippen LogP contribution in [-0.4, -0.2) is 48.0 Å². The molecule has 0 amide bonds. The monoisotopic (exact) mass is 347 g/mol. The van der Waals surface area contributed by atoms with E-state index in [1.165, 1.54) is 6.42 Å². The number of ether oxygens (including phenoxy) is 1. The summed E-state index contributed by atoms with van der Waals surface area (Å²) in [6.07, 6.45) is 6.49. The highest BCUT2D eigenvalue weighted by molar-refractivity contribution is 7.90. The van der Waals surface area contributed by atoms with Gasteiger partial charge in [-0.15, -0.1) is 11.6 Å². The molecule has 5 nitrogen and oxygen atoms in total. The number of nitrogens with zero attached hydrogens (tertiary/aromatic N) is 1. The van der Waals surface area contributed by atoms with Gasteiger partial charge < -0.3 is 4.74 Å². The van der Waals surface area contributed by atoms with Crippen LogP contribution in [0.25, 0.3) is 0 Å². The smallest absolute Gasteiger partial charge is 0.321 e. The second-order valence-electron chi connectivity index (χ2n) is 7.18. The number of alkyl halides is 1. The van der Waals surface area contributed by atoms with E-state index in [2.05, 4.69) is 0 Å². The van der Waals surface area contributed by atoms with Gasteiger partial charge in [-0.2, -0.15) is 4.31 Å². The molecule has 0 N–H and O–H groups in total. The van der Waals surface area contributed by atoms with Crippen LogP contribution >= 0.6 is 11.6 Å². The van der Waals surface area contributed by atoms with Gasteiger partial charge >= 0.3 is 5.97 Å². The van der Waals surface area contributed by atoms with Crippen molar-refractivity contribution in [2.75, 3.05) is 5.88 Å². The molecule has 4 fully saturated rings. The Labute approximate surface area is 136 Å². The average Bonchev–Trinajstić information content (AvgIpc) is 3.12. The van der Waals surface area contributed by atoms with Gasteiger partial charge in [-0.3, -0.25) is 4.79 Å². The number of hydrogen-bond donors (Lipinski definition) is 0. The molecule has 2 bridgehead atoms. The fourth-order valence-electron chi connectivity index (χ4n) is 5.36. The van der Waals surface area contributed by atoms with Crippen molar-refractivity contribution in [1.82, 2.24) is 4.31 Å². The maximum Gasteiger partial charge on any atom is 0.321 e. The molecule has 5 atom stereocenters. The zero-order valence-corrected chi connectivity index (χ0v) is 14.1. The van der Waals surface area contributed by atoms with Gasteiger partial charge in [0.05, 0.1) is 11.3 Å². The molecule has 0 radical (unpaired) electrons. The van der Waals surface area contributed by atoms with Crippen molar-refractivity contribution in [2.45, 2.75) is 68.4 Å². The molecule has 0 aromatic rings. The third-order valence-electron chi connectivity index (χ3n) is 6.11. The van der Waals surface area contributed by atoms with Crippen molar-refractivity contribution in [3.8, 4) is 0 Å². The van der Waals surface area contributed by atoms with Crippen LogP contribution in [0.4, 0.5) is 0 Å². The number of hydrogen-bond acceptors (Lipinski definition) is 4. The summed E-state index contributed by atoms with van der Waals surface area (Å²) in [5.41, 5.74) is 0. The molecule has 1 aliphatic heterocycles. The largest absolute Gasteiger partial charge is 0.459 e. The van der Waals surface area contributed by atoms with E-state index in [-0.39, 0.29) is 41.2 Å². The van der Waals surface area contributed by atoms with E-state index in [0.717, 1.165) is 32.1 Å². The molecule has 1 heterocycles. The molecule has 4 unspecified atom stereocenters. The van der Waals surface area contributed by atoms with Gasteiger partial charge in [0.25, 0.3) is 0 Å². The first-order valence-electron chi connectivity index (χ1n) is 8.32. The second kappa shape index (κ2) is 5.35. The normalized spacial score (nSPS) is 43.6. The van der Waals surface area contributed by atoms with Crippen LogP contribution in [0.2, 0.25) is 0 Å². The van der Waals surface area contributed by atoms with E-state index in [9.17, 15) is 13.2 Å². The molecular weight excluding hydrogens is 326 g/mol. The number of esters is 1. The number of fused-ring (bicyclic) bond motifs is 1. The fourth-order valence-corrected chi connectivity index (χ4v) is 8.18. The number of halogens is 1. The number of rotatable bonds is 3. The van der Waals surface area contributed by atoms with Crippen LogP contribution in [0.1, 0.15) is 44.9 Å². The lowest BCUT2D eigenvalue weighted by atomic mass is 9.89. The third kappa shape index (κ3) is 2.06. The lowest BCUT2D eigenvalue weighted by Gasteiger charge is -2.36. The van der Waals surface area contributed by atoms with Crippen LogP contribution in [0.5, 0.6) is 0 Å². The molecule has 22 heavy (non-hydrogen) atoms. The average molecular weight is 348 g/mol. The topological polar surface area (TPSA) is 63.7 Å². The quantitative estimate of drug-likeness (QED) is 0.577. The minimum Gasteiger partial charge on any atom is -0.459 e. The van der Waals surface area contributed by atoms with Gasteiger partial charge in [0, 0.05) is 6.04 Å². The highest BCUT2D eigenvalue weighted by Crippen LogP contribution is 2.58. The lowest BCUT2D eigenvalue weighted by molar-refractivity contribution is -0.151. The minimum absolute atomic E-state index is 0.102. The number of carbonyl (C=O) groups is 1. The zero-order chi connectivity index (χ0) is 15.5. The van der Waals surface area contributed by atoms with Gasteiger partial charge in [-0.05, 0) is 37.5 Å². The van der Waals surface area contributed by atoms with Crippen LogP contribution in [0.3, 0.4) is 0 Å². The van der Waals surface area contributed by atoms with Crippen LogP contribution in [-0.2, 0) is 19.6 Å². The van der Waals surface area contributed by atoms with E-state index in [0.29, 0.717) is 6.42 Å². The van der Waals surface area contributed by atoms with Gasteiger partial charge in [0.15, 0.2) is 0 Å². The molecule has 1 saturated heterocycles. The van der Waals surface area contributed by atoms with Crippen molar-refractivity contribution in [2.24, 2.45) is 11.8 Å². The van der Waals surface area contributed by atoms with Gasteiger partial charge in [0.2, 0.25) is 10.0 Å². The second-order valence-corrected chi connectivity index (χ2v) is 9.50. The maximum atomic E-state index is 13.0. The summed E-state index contributed by atoms with van der Waals surface area (Å²) in [7, 11) is -3.24. The Kier molecular flexibility index (Phi) is 3.70. The molecule has 0 spiro atoms. The first kappa shape index (κ1) is 15.2. The minimum atomic E-state index is -3.24. The SMILES string of the molecule is O=C(CCl)O[C@H]1C2CC3C1N(C1CCCCC1)S(=O)(=O)C3C2. The fraction of sp³-hybridized carbons (Fsp3) is 0.933. The van der Waals surface area contributed by atoms with Crippen molar-refractivity contribution in [3.05, 3.63) is 0 Å². The highest BCUT2D eigenvalue weighted by Gasteiger charge is 2.68. The Morgan fingerprint density at radius 1 is 1.18 bits per heavy atom. The summed E-state index contributed by atoms with van der Waals surface area (Å²) in [6.45, 7) is 0. The standard InChI is InChI=1S/C15H22ClNO4S/c16-8-13(18)21-15-9-6-11-12(7-9)22(19,20)17(14(11)15)10-4-2-1-3-5-10/h9-12,14-15H,1-8H2/t9?,11?,12?,14?,15-/m0/s1. The van der Waals surface area contributed by atoms with Gasteiger partial charge in [-0.1, -0.05) is 19.3 Å².